The average molecular weight is 265 g/mol. The van der Waals surface area contributed by atoms with Crippen molar-refractivity contribution in [2.75, 3.05) is 5.73 Å². The summed E-state index contributed by atoms with van der Waals surface area (Å²) in [7, 11) is 1.78. The Morgan fingerprint density at radius 2 is 2.30 bits per heavy atom. The van der Waals surface area contributed by atoms with Gasteiger partial charge in [-0.3, -0.25) is 0 Å². The smallest absolute Gasteiger partial charge is 0.0317 e. The molecule has 3 heteroatoms. The fourth-order valence-corrected chi connectivity index (χ4v) is 2.13. The Kier molecular flexibility index (Phi) is 3.34. The predicted octanol–water partition coefficient (Wildman–Crippen LogP) is 2.85. The minimum Gasteiger partial charge on any atom is -0.399 e. The van der Waals surface area contributed by atoms with Crippen LogP contribution in [-0.2, 0) is 5.75 Å². The first-order valence-corrected chi connectivity index (χ1v) is 6.43. The summed E-state index contributed by atoms with van der Waals surface area (Å²) in [4.78, 5) is 0. The molecule has 1 aromatic rings. The predicted molar refractivity (Wildman–Crippen MR) is 56.2 cm³/mol. The van der Waals surface area contributed by atoms with Crippen LogP contribution in [0.15, 0.2) is 24.3 Å². The van der Waals surface area contributed by atoms with Crippen LogP contribution in [0.5, 0.6) is 0 Å². The minimum atomic E-state index is 0.850. The molecule has 10 heavy (non-hydrogen) atoms. The highest BCUT2D eigenvalue weighted by atomic mass is 127. The monoisotopic (exact) mass is 265 g/mol. The highest BCUT2D eigenvalue weighted by Gasteiger charge is 1.90. The molecule has 2 N–H and O–H groups in total. The molecule has 0 amide bonds. The van der Waals surface area contributed by atoms with Gasteiger partial charge < -0.3 is 5.73 Å². The van der Waals surface area contributed by atoms with Gasteiger partial charge in [0.2, 0.25) is 0 Å². The average Bonchev–Trinajstić information content (AvgIpc) is 1.88. The van der Waals surface area contributed by atoms with Gasteiger partial charge in [-0.15, -0.1) is 0 Å². The van der Waals surface area contributed by atoms with Crippen LogP contribution in [0.1, 0.15) is 5.56 Å². The molecule has 0 atom stereocenters. The lowest BCUT2D eigenvalue weighted by Gasteiger charge is -1.97. The van der Waals surface area contributed by atoms with Gasteiger partial charge in [-0.2, -0.15) is 0 Å². The third-order valence-corrected chi connectivity index (χ3v) is 2.55. The lowest BCUT2D eigenvalue weighted by atomic mass is 10.2. The summed E-state index contributed by atoms with van der Waals surface area (Å²) in [5.41, 5.74) is 7.72. The van der Waals surface area contributed by atoms with E-state index in [2.05, 4.69) is 27.3 Å². The molecule has 0 fully saturated rings. The normalized spacial score (nSPS) is 9.70. The standard InChI is InChI=1S/C7H8INS/c8-10-5-6-2-1-3-7(9)4-6/h1-4H,5,9H2. The fourth-order valence-electron chi connectivity index (χ4n) is 0.746. The summed E-state index contributed by atoms with van der Waals surface area (Å²) < 4.78 is 0. The number of benzene rings is 1. The topological polar surface area (TPSA) is 26.0 Å². The molecular weight excluding hydrogens is 257 g/mol. The summed E-state index contributed by atoms with van der Waals surface area (Å²) in [5, 5.41) is 0. The molecule has 0 radical (unpaired) electrons. The first-order valence-electron chi connectivity index (χ1n) is 2.91. The van der Waals surface area contributed by atoms with Gasteiger partial charge in [-0.05, 0) is 38.9 Å². The van der Waals surface area contributed by atoms with E-state index in [1.807, 2.05) is 18.2 Å². The van der Waals surface area contributed by atoms with E-state index in [1.54, 1.807) is 8.93 Å². The number of halogens is 1. The Labute approximate surface area is 77.0 Å². The van der Waals surface area contributed by atoms with E-state index in [9.17, 15) is 0 Å². The van der Waals surface area contributed by atoms with Crippen molar-refractivity contribution in [1.82, 2.24) is 0 Å². The van der Waals surface area contributed by atoms with Crippen LogP contribution >= 0.6 is 30.1 Å². The Hall–Kier alpha value is 0.1000. The Morgan fingerprint density at radius 1 is 1.50 bits per heavy atom. The maximum atomic E-state index is 5.58. The highest BCUT2D eigenvalue weighted by Crippen LogP contribution is 2.19. The molecular formula is C7H8INS. The zero-order valence-corrected chi connectivity index (χ0v) is 8.35. The minimum absolute atomic E-state index is 0.850. The maximum absolute atomic E-state index is 5.58. The molecule has 0 spiro atoms. The second-order valence-corrected chi connectivity index (χ2v) is 4.37. The first-order chi connectivity index (χ1) is 4.83. The highest BCUT2D eigenvalue weighted by molar-refractivity contribution is 14.2. The number of hydrogen-bond donors (Lipinski definition) is 1. The van der Waals surface area contributed by atoms with Crippen LogP contribution in [0, 0.1) is 0 Å². The van der Waals surface area contributed by atoms with Crippen molar-refractivity contribution in [3.05, 3.63) is 29.8 Å². The van der Waals surface area contributed by atoms with E-state index < -0.39 is 0 Å². The SMILES string of the molecule is Nc1cccc(CSI)c1. The van der Waals surface area contributed by atoms with Crippen LogP contribution in [0.3, 0.4) is 0 Å². The van der Waals surface area contributed by atoms with E-state index in [4.69, 9.17) is 5.73 Å². The molecule has 1 rings (SSSR count). The van der Waals surface area contributed by atoms with Crippen LogP contribution in [0.25, 0.3) is 0 Å². The van der Waals surface area contributed by atoms with Crippen LogP contribution in [-0.4, -0.2) is 0 Å². The lowest BCUT2D eigenvalue weighted by molar-refractivity contribution is 1.43. The number of rotatable bonds is 2. The van der Waals surface area contributed by atoms with Crippen LogP contribution in [0.2, 0.25) is 0 Å². The molecule has 0 saturated heterocycles. The van der Waals surface area contributed by atoms with Gasteiger partial charge in [-0.1, -0.05) is 21.1 Å². The molecule has 0 aliphatic carbocycles. The molecule has 0 aromatic heterocycles. The van der Waals surface area contributed by atoms with Gasteiger partial charge in [-0.25, -0.2) is 0 Å². The van der Waals surface area contributed by atoms with Crippen molar-refractivity contribution in [3.63, 3.8) is 0 Å². The molecule has 0 aliphatic rings. The summed E-state index contributed by atoms with van der Waals surface area (Å²) >= 11 is 2.28. The molecule has 1 aromatic carbocycles. The second-order valence-electron chi connectivity index (χ2n) is 2.00. The van der Waals surface area contributed by atoms with Gasteiger partial charge in [0.05, 0.1) is 0 Å². The molecule has 54 valence electrons. The third-order valence-electron chi connectivity index (χ3n) is 1.17. The molecule has 0 bridgehead atoms. The summed E-state index contributed by atoms with van der Waals surface area (Å²) in [6.45, 7) is 0. The van der Waals surface area contributed by atoms with Crippen molar-refractivity contribution >= 4 is 35.8 Å². The second kappa shape index (κ2) is 4.08. The van der Waals surface area contributed by atoms with E-state index in [0.717, 1.165) is 11.4 Å². The number of anilines is 1. The quantitative estimate of drug-likeness (QED) is 0.657. The van der Waals surface area contributed by atoms with Crippen molar-refractivity contribution in [2.45, 2.75) is 5.75 Å². The molecule has 0 saturated carbocycles. The first kappa shape index (κ1) is 8.20. The third kappa shape index (κ3) is 2.38. The molecule has 0 aliphatic heterocycles. The van der Waals surface area contributed by atoms with E-state index in [-0.39, 0.29) is 0 Å². The Balaban J connectivity index is 2.75. The van der Waals surface area contributed by atoms with Gasteiger partial charge in [0.15, 0.2) is 0 Å². The van der Waals surface area contributed by atoms with E-state index in [0.29, 0.717) is 0 Å². The number of nitrogen functional groups attached to an aromatic ring is 1. The zero-order valence-electron chi connectivity index (χ0n) is 5.38. The van der Waals surface area contributed by atoms with E-state index in [1.165, 1.54) is 5.56 Å². The van der Waals surface area contributed by atoms with Gasteiger partial charge in [0.25, 0.3) is 0 Å². The summed E-state index contributed by atoms with van der Waals surface area (Å²) in [6.07, 6.45) is 0. The largest absolute Gasteiger partial charge is 0.399 e. The molecule has 0 heterocycles. The van der Waals surface area contributed by atoms with Crippen molar-refractivity contribution in [1.29, 1.82) is 0 Å². The lowest BCUT2D eigenvalue weighted by Crippen LogP contribution is -1.85. The van der Waals surface area contributed by atoms with E-state index >= 15 is 0 Å². The zero-order chi connectivity index (χ0) is 7.40. The van der Waals surface area contributed by atoms with Gasteiger partial charge >= 0.3 is 0 Å². The Morgan fingerprint density at radius 3 is 2.90 bits per heavy atom. The molecule has 0 unspecified atom stereocenters. The van der Waals surface area contributed by atoms with Gasteiger partial charge in [0, 0.05) is 11.4 Å². The summed E-state index contributed by atoms with van der Waals surface area (Å²) in [5.74, 6) is 1.03. The van der Waals surface area contributed by atoms with Crippen molar-refractivity contribution in [2.24, 2.45) is 0 Å². The van der Waals surface area contributed by atoms with Crippen LogP contribution in [0.4, 0.5) is 5.69 Å². The maximum Gasteiger partial charge on any atom is 0.0317 e. The Bertz CT molecular complexity index is 215. The fraction of sp³-hybridized carbons (Fsp3) is 0.143. The van der Waals surface area contributed by atoms with Crippen LogP contribution < -0.4 is 5.73 Å². The number of hydrogen-bond acceptors (Lipinski definition) is 2. The van der Waals surface area contributed by atoms with Crippen molar-refractivity contribution in [3.8, 4) is 0 Å². The number of nitrogens with two attached hydrogens (primary N) is 1. The van der Waals surface area contributed by atoms with Gasteiger partial charge in [0.1, 0.15) is 0 Å². The summed E-state index contributed by atoms with van der Waals surface area (Å²) in [6, 6.07) is 7.98. The molecule has 1 nitrogen and oxygen atoms in total. The van der Waals surface area contributed by atoms with Crippen molar-refractivity contribution < 1.29 is 0 Å².